The Bertz CT molecular complexity index is 398. The molecule has 0 bridgehead atoms. The molecule has 0 aliphatic heterocycles. The lowest BCUT2D eigenvalue weighted by Crippen LogP contribution is -2.47. The highest BCUT2D eigenvalue weighted by Gasteiger charge is 2.47. The van der Waals surface area contributed by atoms with Gasteiger partial charge in [0.15, 0.2) is 49.4 Å². The van der Waals surface area contributed by atoms with Crippen molar-refractivity contribution in [3.8, 4) is 0 Å². The molecule has 0 saturated heterocycles. The molecule has 24 heavy (non-hydrogen) atoms. The van der Waals surface area contributed by atoms with E-state index in [4.69, 9.17) is 0 Å². The minimum Gasteiger partial charge on any atom is -0.459 e. The van der Waals surface area contributed by atoms with Crippen LogP contribution < -0.4 is 0 Å². The third-order valence-corrected chi connectivity index (χ3v) is 2.91. The molecule has 0 fully saturated rings. The minimum absolute atomic E-state index is 0.565. The van der Waals surface area contributed by atoms with E-state index in [1.165, 1.54) is 0 Å². The van der Waals surface area contributed by atoms with Crippen LogP contribution in [-0.2, 0) is 9.53 Å². The highest BCUT2D eigenvalue weighted by atomic mass is 19.2. The van der Waals surface area contributed by atoms with Crippen molar-refractivity contribution in [2.75, 3.05) is 13.3 Å². The first-order valence-corrected chi connectivity index (χ1v) is 6.56. The molecule has 0 aliphatic rings. The Morgan fingerprint density at radius 2 is 1.17 bits per heavy atom. The van der Waals surface area contributed by atoms with Crippen molar-refractivity contribution in [2.45, 2.75) is 49.4 Å². The first-order valence-electron chi connectivity index (χ1n) is 6.56. The topological polar surface area (TPSA) is 26.3 Å². The van der Waals surface area contributed by atoms with E-state index in [0.717, 1.165) is 0 Å². The van der Waals surface area contributed by atoms with Crippen LogP contribution in [0.15, 0.2) is 12.7 Å². The van der Waals surface area contributed by atoms with E-state index >= 15 is 0 Å². The molecule has 2 nitrogen and oxygen atoms in total. The third-order valence-electron chi connectivity index (χ3n) is 2.91. The van der Waals surface area contributed by atoms with Crippen LogP contribution in [0.25, 0.3) is 0 Å². The smallest absolute Gasteiger partial charge is 0.330 e. The average molecular weight is 374 g/mol. The fourth-order valence-corrected chi connectivity index (χ4v) is 1.50. The first kappa shape index (κ1) is 22.6. The van der Waals surface area contributed by atoms with Gasteiger partial charge >= 0.3 is 5.97 Å². The zero-order valence-corrected chi connectivity index (χ0v) is 12.0. The summed E-state index contributed by atoms with van der Waals surface area (Å²) >= 11 is 0. The number of esters is 1. The molecule has 0 amide bonds. The maximum atomic E-state index is 13.4. The minimum atomic E-state index is -3.71. The Hall–Kier alpha value is -1.42. The number of carbonyl (C=O) groups is 1. The molecule has 0 spiro atoms. The van der Waals surface area contributed by atoms with Crippen LogP contribution in [-0.4, -0.2) is 68.6 Å². The van der Waals surface area contributed by atoms with Crippen molar-refractivity contribution in [1.29, 1.82) is 0 Å². The number of rotatable bonds is 11. The van der Waals surface area contributed by atoms with Crippen LogP contribution in [0, 0.1) is 0 Å². The molecular weight excluding hydrogens is 359 g/mol. The van der Waals surface area contributed by atoms with Gasteiger partial charge in [0.2, 0.25) is 0 Å². The van der Waals surface area contributed by atoms with Crippen molar-refractivity contribution in [3.05, 3.63) is 12.7 Å². The fourth-order valence-electron chi connectivity index (χ4n) is 1.50. The maximum absolute atomic E-state index is 13.4. The molecule has 0 aromatic carbocycles. The second kappa shape index (κ2) is 10.4. The van der Waals surface area contributed by atoms with Crippen molar-refractivity contribution in [3.63, 3.8) is 0 Å². The van der Waals surface area contributed by atoms with Crippen molar-refractivity contribution < 1.29 is 49.0 Å². The zero-order valence-electron chi connectivity index (χ0n) is 12.0. The van der Waals surface area contributed by atoms with Crippen molar-refractivity contribution >= 4 is 5.97 Å². The Balaban J connectivity index is 4.73. The van der Waals surface area contributed by atoms with Crippen LogP contribution in [0.4, 0.5) is 39.5 Å². The molecule has 8 unspecified atom stereocenters. The number of ether oxygens (including phenoxy) is 1. The summed E-state index contributed by atoms with van der Waals surface area (Å²) in [6.07, 6.45) is -27.0. The summed E-state index contributed by atoms with van der Waals surface area (Å²) < 4.78 is 121. The second-order valence-corrected chi connectivity index (χ2v) is 4.69. The summed E-state index contributed by atoms with van der Waals surface area (Å²) in [6, 6.07) is 0. The lowest BCUT2D eigenvalue weighted by molar-refractivity contribution is -0.141. The number of halogens is 9. The van der Waals surface area contributed by atoms with Gasteiger partial charge in [0, 0.05) is 6.08 Å². The molecule has 0 N–H and O–H groups in total. The van der Waals surface area contributed by atoms with Crippen LogP contribution in [0.3, 0.4) is 0 Å². The number of alkyl halides is 9. The first-order chi connectivity index (χ1) is 11.1. The molecule has 11 heteroatoms. The van der Waals surface area contributed by atoms with Gasteiger partial charge in [-0.1, -0.05) is 6.58 Å². The SMILES string of the molecule is C=CC(=O)OCC(F)C(F)C(F)C(F)C(F)C(F)C(F)C(F)CF. The summed E-state index contributed by atoms with van der Waals surface area (Å²) in [6.45, 7) is -0.492. The van der Waals surface area contributed by atoms with Gasteiger partial charge in [-0.2, -0.15) is 0 Å². The van der Waals surface area contributed by atoms with E-state index in [9.17, 15) is 44.3 Å². The monoisotopic (exact) mass is 374 g/mol. The average Bonchev–Trinajstić information content (AvgIpc) is 2.60. The normalized spacial score (nSPS) is 21.7. The molecular formula is C13H15F9O2. The predicted octanol–water partition coefficient (Wildman–Crippen LogP) is 3.39. The Morgan fingerprint density at radius 1 is 0.792 bits per heavy atom. The molecule has 0 aromatic rings. The highest BCUT2D eigenvalue weighted by Crippen LogP contribution is 2.27. The highest BCUT2D eigenvalue weighted by molar-refractivity contribution is 5.81. The van der Waals surface area contributed by atoms with Gasteiger partial charge in [-0.3, -0.25) is 0 Å². The van der Waals surface area contributed by atoms with Gasteiger partial charge in [0.1, 0.15) is 13.3 Å². The largest absolute Gasteiger partial charge is 0.459 e. The lowest BCUT2D eigenvalue weighted by atomic mass is 9.98. The second-order valence-electron chi connectivity index (χ2n) is 4.69. The number of carbonyl (C=O) groups excluding carboxylic acids is 1. The summed E-state index contributed by atoms with van der Waals surface area (Å²) in [5, 5.41) is 0. The van der Waals surface area contributed by atoms with Crippen LogP contribution in [0.2, 0.25) is 0 Å². The van der Waals surface area contributed by atoms with E-state index < -0.39 is 68.6 Å². The van der Waals surface area contributed by atoms with Gasteiger partial charge in [-0.25, -0.2) is 44.3 Å². The summed E-state index contributed by atoms with van der Waals surface area (Å²) in [5.74, 6) is -1.20. The van der Waals surface area contributed by atoms with Gasteiger partial charge < -0.3 is 4.74 Å². The summed E-state index contributed by atoms with van der Waals surface area (Å²) in [5.41, 5.74) is 0. The van der Waals surface area contributed by atoms with Crippen molar-refractivity contribution in [2.24, 2.45) is 0 Å². The molecule has 0 heterocycles. The summed E-state index contributed by atoms with van der Waals surface area (Å²) in [4.78, 5) is 10.6. The molecule has 0 radical (unpaired) electrons. The van der Waals surface area contributed by atoms with Crippen molar-refractivity contribution in [1.82, 2.24) is 0 Å². The van der Waals surface area contributed by atoms with E-state index in [2.05, 4.69) is 11.3 Å². The Kier molecular flexibility index (Phi) is 9.83. The van der Waals surface area contributed by atoms with Gasteiger partial charge in [0.25, 0.3) is 0 Å². The third kappa shape index (κ3) is 6.23. The number of hydrogen-bond donors (Lipinski definition) is 0. The van der Waals surface area contributed by atoms with Crippen LogP contribution >= 0.6 is 0 Å². The fraction of sp³-hybridized carbons (Fsp3) is 0.769. The lowest BCUT2D eigenvalue weighted by Gasteiger charge is -2.25. The molecule has 0 rings (SSSR count). The van der Waals surface area contributed by atoms with Gasteiger partial charge in [0.05, 0.1) is 0 Å². The zero-order chi connectivity index (χ0) is 19.0. The van der Waals surface area contributed by atoms with Crippen LogP contribution in [0.1, 0.15) is 0 Å². The summed E-state index contributed by atoms with van der Waals surface area (Å²) in [7, 11) is 0. The van der Waals surface area contributed by atoms with E-state index in [0.29, 0.717) is 6.08 Å². The Morgan fingerprint density at radius 3 is 1.54 bits per heavy atom. The predicted molar refractivity (Wildman–Crippen MR) is 66.3 cm³/mol. The quantitative estimate of drug-likeness (QED) is 0.315. The molecule has 142 valence electrons. The molecule has 0 aliphatic carbocycles. The van der Waals surface area contributed by atoms with Crippen LogP contribution in [0.5, 0.6) is 0 Å². The van der Waals surface area contributed by atoms with E-state index in [-0.39, 0.29) is 0 Å². The van der Waals surface area contributed by atoms with Gasteiger partial charge in [-0.15, -0.1) is 0 Å². The number of hydrogen-bond acceptors (Lipinski definition) is 2. The maximum Gasteiger partial charge on any atom is 0.330 e. The van der Waals surface area contributed by atoms with E-state index in [1.54, 1.807) is 0 Å². The molecule has 0 aromatic heterocycles. The van der Waals surface area contributed by atoms with Gasteiger partial charge in [-0.05, 0) is 0 Å². The van der Waals surface area contributed by atoms with E-state index in [1.807, 2.05) is 0 Å². The Labute approximate surface area is 131 Å². The molecule has 8 atom stereocenters. The molecule has 0 saturated carbocycles. The standard InChI is InChI=1S/C13H15F9O2/c1-2-7(23)24-4-6(16)9(18)11(20)13(22)12(21)10(19)8(17)5(15)3-14/h2,5-6,8-13H,1,3-4H2.